The fraction of sp³-hybridized carbons (Fsp3) is 0.100. The number of nitrogen functional groups attached to an aromatic ring is 1. The van der Waals surface area contributed by atoms with Crippen LogP contribution in [0.1, 0.15) is 27.0 Å². The van der Waals surface area contributed by atoms with Crippen LogP contribution in [0, 0.1) is 0 Å². The number of benzene rings is 2. The molecule has 4 rings (SSSR count). The molecule has 0 spiro atoms. The Bertz CT molecular complexity index is 1090. The molecule has 2 heterocycles. The average molecular weight is 358 g/mol. The average Bonchev–Trinajstić information content (AvgIpc) is 3.16. The molecule has 7 heteroatoms. The van der Waals surface area contributed by atoms with Crippen LogP contribution in [0.15, 0.2) is 60.7 Å². The minimum atomic E-state index is -0.110. The molecular formula is C20H18N6O. The van der Waals surface area contributed by atoms with Crippen LogP contribution in [-0.4, -0.2) is 26.3 Å². The molecule has 0 bridgehead atoms. The summed E-state index contributed by atoms with van der Waals surface area (Å²) in [5, 5.41) is 13.5. The molecule has 0 saturated heterocycles. The van der Waals surface area contributed by atoms with E-state index >= 15 is 0 Å². The summed E-state index contributed by atoms with van der Waals surface area (Å²) in [5.41, 5.74) is 10.7. The van der Waals surface area contributed by atoms with Crippen LogP contribution < -0.4 is 11.1 Å². The summed E-state index contributed by atoms with van der Waals surface area (Å²) in [5.74, 6) is 0.293. The van der Waals surface area contributed by atoms with E-state index in [1.165, 1.54) is 0 Å². The maximum Gasteiger partial charge on any atom is 0.251 e. The molecule has 0 saturated carbocycles. The van der Waals surface area contributed by atoms with Crippen molar-refractivity contribution in [2.75, 3.05) is 5.73 Å². The summed E-state index contributed by atoms with van der Waals surface area (Å²) in [6.07, 6.45) is 0.579. The van der Waals surface area contributed by atoms with Gasteiger partial charge < -0.3 is 11.1 Å². The number of amides is 1. The molecule has 0 radical (unpaired) electrons. The smallest absolute Gasteiger partial charge is 0.251 e. The van der Waals surface area contributed by atoms with Crippen molar-refractivity contribution in [3.05, 3.63) is 82.9 Å². The third-order valence-corrected chi connectivity index (χ3v) is 4.28. The van der Waals surface area contributed by atoms with Crippen LogP contribution in [0.2, 0.25) is 0 Å². The first-order valence-electron chi connectivity index (χ1n) is 8.56. The molecule has 2 aromatic heterocycles. The Morgan fingerprint density at radius 2 is 1.85 bits per heavy atom. The molecule has 2 aromatic carbocycles. The lowest BCUT2D eigenvalue weighted by atomic mass is 10.0. The van der Waals surface area contributed by atoms with Gasteiger partial charge >= 0.3 is 0 Å². The van der Waals surface area contributed by atoms with Crippen LogP contribution in [0.25, 0.3) is 11.2 Å². The summed E-state index contributed by atoms with van der Waals surface area (Å²) in [7, 11) is 0. The number of nitrogens with one attached hydrogen (secondary N) is 2. The van der Waals surface area contributed by atoms with Crippen LogP contribution in [0.4, 0.5) is 5.82 Å². The van der Waals surface area contributed by atoms with Gasteiger partial charge in [0.15, 0.2) is 5.65 Å². The Morgan fingerprint density at radius 1 is 1.04 bits per heavy atom. The molecule has 1 amide bonds. The lowest BCUT2D eigenvalue weighted by Gasteiger charge is -2.08. The predicted octanol–water partition coefficient (Wildman–Crippen LogP) is 2.46. The van der Waals surface area contributed by atoms with Crippen molar-refractivity contribution < 1.29 is 4.79 Å². The van der Waals surface area contributed by atoms with Gasteiger partial charge in [-0.3, -0.25) is 4.79 Å². The largest absolute Gasteiger partial charge is 0.384 e. The molecule has 4 N–H and O–H groups in total. The quantitative estimate of drug-likeness (QED) is 0.508. The zero-order valence-corrected chi connectivity index (χ0v) is 14.5. The highest BCUT2D eigenvalue weighted by Gasteiger charge is 2.11. The third-order valence-electron chi connectivity index (χ3n) is 4.28. The van der Waals surface area contributed by atoms with Crippen molar-refractivity contribution >= 4 is 22.9 Å². The molecule has 7 nitrogen and oxygen atoms in total. The highest BCUT2D eigenvalue weighted by molar-refractivity contribution is 5.94. The topological polar surface area (TPSA) is 110 Å². The van der Waals surface area contributed by atoms with Crippen molar-refractivity contribution in [2.24, 2.45) is 0 Å². The highest BCUT2D eigenvalue weighted by atomic mass is 16.1. The maximum atomic E-state index is 12.5. The van der Waals surface area contributed by atoms with Gasteiger partial charge in [-0.05, 0) is 41.3 Å². The zero-order valence-electron chi connectivity index (χ0n) is 14.5. The minimum absolute atomic E-state index is 0.110. The van der Waals surface area contributed by atoms with Crippen molar-refractivity contribution in [1.29, 1.82) is 0 Å². The molecule has 0 aliphatic heterocycles. The molecule has 0 atom stereocenters. The first kappa shape index (κ1) is 16.7. The normalized spacial score (nSPS) is 10.8. The number of hydrogen-bond donors (Lipinski definition) is 3. The fourth-order valence-corrected chi connectivity index (χ4v) is 2.98. The van der Waals surface area contributed by atoms with Crippen LogP contribution in [0.5, 0.6) is 0 Å². The van der Waals surface area contributed by atoms with E-state index in [4.69, 9.17) is 5.73 Å². The van der Waals surface area contributed by atoms with Gasteiger partial charge in [-0.15, -0.1) is 5.10 Å². The van der Waals surface area contributed by atoms with E-state index in [9.17, 15) is 4.79 Å². The van der Waals surface area contributed by atoms with Gasteiger partial charge in [-0.2, -0.15) is 0 Å². The van der Waals surface area contributed by atoms with Gasteiger partial charge in [-0.1, -0.05) is 47.7 Å². The highest BCUT2D eigenvalue weighted by Crippen LogP contribution is 2.19. The Morgan fingerprint density at radius 3 is 2.70 bits per heavy atom. The van der Waals surface area contributed by atoms with Gasteiger partial charge in [0, 0.05) is 12.1 Å². The number of rotatable bonds is 5. The van der Waals surface area contributed by atoms with Gasteiger partial charge in [0.2, 0.25) is 0 Å². The molecule has 0 fully saturated rings. The second-order valence-electron chi connectivity index (χ2n) is 6.26. The molecule has 0 aliphatic rings. The number of aromatic amines is 1. The van der Waals surface area contributed by atoms with Gasteiger partial charge in [0.05, 0.1) is 0 Å². The van der Waals surface area contributed by atoms with Crippen molar-refractivity contribution in [3.8, 4) is 0 Å². The van der Waals surface area contributed by atoms with Crippen molar-refractivity contribution in [1.82, 2.24) is 25.7 Å². The first-order chi connectivity index (χ1) is 13.2. The fourth-order valence-electron chi connectivity index (χ4n) is 2.98. The lowest BCUT2D eigenvalue weighted by Crippen LogP contribution is -2.22. The van der Waals surface area contributed by atoms with E-state index in [1.54, 1.807) is 12.1 Å². The molecule has 0 unspecified atom stereocenters. The number of carbonyl (C=O) groups is 1. The Kier molecular flexibility index (Phi) is 4.49. The number of anilines is 1. The second kappa shape index (κ2) is 7.25. The molecular weight excluding hydrogens is 340 g/mol. The Labute approximate surface area is 155 Å². The number of fused-ring (bicyclic) bond motifs is 1. The molecule has 4 aromatic rings. The van der Waals surface area contributed by atoms with E-state index in [0.717, 1.165) is 16.7 Å². The third kappa shape index (κ3) is 3.77. The van der Waals surface area contributed by atoms with E-state index in [-0.39, 0.29) is 5.91 Å². The van der Waals surface area contributed by atoms with E-state index in [2.05, 4.69) is 25.7 Å². The Hall–Kier alpha value is -3.74. The molecule has 0 aliphatic carbocycles. The van der Waals surface area contributed by atoms with Crippen LogP contribution >= 0.6 is 0 Å². The number of aromatic nitrogens is 4. The predicted molar refractivity (Wildman–Crippen MR) is 103 cm³/mol. The first-order valence-corrected chi connectivity index (χ1v) is 8.56. The summed E-state index contributed by atoms with van der Waals surface area (Å²) in [6.45, 7) is 0.490. The van der Waals surface area contributed by atoms with E-state index in [1.807, 2.05) is 48.5 Å². The van der Waals surface area contributed by atoms with E-state index in [0.29, 0.717) is 35.5 Å². The van der Waals surface area contributed by atoms with Gasteiger partial charge in [0.1, 0.15) is 11.3 Å². The van der Waals surface area contributed by atoms with Gasteiger partial charge in [0.25, 0.3) is 5.91 Å². The van der Waals surface area contributed by atoms with Crippen LogP contribution in [-0.2, 0) is 13.0 Å². The SMILES string of the molecule is Nc1cc(Cc2cccc(C(=O)NCc3ccccc3)c2)c2nn[nH]c2n1. The standard InChI is InChI=1S/C20H18N6O/c21-17-11-16(18-19(23-17)25-26-24-18)10-14-7-4-8-15(9-14)20(27)22-12-13-5-2-1-3-6-13/h1-9,11H,10,12H2,(H,22,27)(H3,21,23,24,25,26). The number of hydrogen-bond acceptors (Lipinski definition) is 5. The maximum absolute atomic E-state index is 12.5. The van der Waals surface area contributed by atoms with Gasteiger partial charge in [-0.25, -0.2) is 10.1 Å². The van der Waals surface area contributed by atoms with Crippen molar-refractivity contribution in [3.63, 3.8) is 0 Å². The lowest BCUT2D eigenvalue weighted by molar-refractivity contribution is 0.0951. The monoisotopic (exact) mass is 358 g/mol. The Balaban J connectivity index is 1.52. The number of nitrogens with zero attached hydrogens (tertiary/aromatic N) is 3. The number of H-pyrrole nitrogens is 1. The zero-order chi connectivity index (χ0) is 18.6. The van der Waals surface area contributed by atoms with Crippen LogP contribution in [0.3, 0.4) is 0 Å². The minimum Gasteiger partial charge on any atom is -0.384 e. The number of pyridine rings is 1. The molecule has 27 heavy (non-hydrogen) atoms. The summed E-state index contributed by atoms with van der Waals surface area (Å²) < 4.78 is 0. The summed E-state index contributed by atoms with van der Waals surface area (Å²) in [4.78, 5) is 16.6. The molecule has 134 valence electrons. The summed E-state index contributed by atoms with van der Waals surface area (Å²) in [6, 6.07) is 19.1. The van der Waals surface area contributed by atoms with Crippen molar-refractivity contribution in [2.45, 2.75) is 13.0 Å². The van der Waals surface area contributed by atoms with E-state index < -0.39 is 0 Å². The second-order valence-corrected chi connectivity index (χ2v) is 6.26. The number of carbonyl (C=O) groups excluding carboxylic acids is 1. The number of nitrogens with two attached hydrogens (primary N) is 1. The summed E-state index contributed by atoms with van der Waals surface area (Å²) >= 11 is 0.